The van der Waals surface area contributed by atoms with Crippen molar-refractivity contribution in [1.29, 1.82) is 0 Å². The van der Waals surface area contributed by atoms with Crippen LogP contribution in [-0.2, 0) is 0 Å². The highest BCUT2D eigenvalue weighted by Gasteiger charge is 2.15. The van der Waals surface area contributed by atoms with Crippen molar-refractivity contribution in [1.82, 2.24) is 4.98 Å². The molecular formula is C19H15N3O4S. The Kier molecular flexibility index (Phi) is 4.47. The summed E-state index contributed by atoms with van der Waals surface area (Å²) >= 11 is 1.32. The minimum Gasteiger partial charge on any atom is -0.454 e. The molecule has 0 saturated carbocycles. The molecule has 1 aliphatic rings. The predicted molar refractivity (Wildman–Crippen MR) is 102 cm³/mol. The van der Waals surface area contributed by atoms with Gasteiger partial charge in [0.25, 0.3) is 5.91 Å². The van der Waals surface area contributed by atoms with Crippen LogP contribution in [0.5, 0.6) is 11.5 Å². The molecule has 2 N–H and O–H groups in total. The second-order valence-corrected chi connectivity index (χ2v) is 6.68. The number of anilines is 3. The number of ether oxygens (including phenoxy) is 2. The van der Waals surface area contributed by atoms with Crippen LogP contribution < -0.4 is 20.1 Å². The third-order valence-corrected chi connectivity index (χ3v) is 4.65. The number of carbonyl (C=O) groups is 2. The first-order valence-corrected chi connectivity index (χ1v) is 9.01. The molecule has 3 aromatic rings. The second kappa shape index (κ2) is 7.08. The fraction of sp³-hybridized carbons (Fsp3) is 0.105. The van der Waals surface area contributed by atoms with Crippen LogP contribution in [0.3, 0.4) is 0 Å². The number of thiazole rings is 1. The molecule has 0 atom stereocenters. The van der Waals surface area contributed by atoms with Gasteiger partial charge in [0.1, 0.15) is 5.69 Å². The third-order valence-electron chi connectivity index (χ3n) is 3.89. The summed E-state index contributed by atoms with van der Waals surface area (Å²) in [5.41, 5.74) is 2.16. The molecule has 2 heterocycles. The van der Waals surface area contributed by atoms with Gasteiger partial charge in [-0.05, 0) is 31.2 Å². The van der Waals surface area contributed by atoms with Crippen LogP contribution in [-0.4, -0.2) is 23.5 Å². The summed E-state index contributed by atoms with van der Waals surface area (Å²) in [7, 11) is 0. The van der Waals surface area contributed by atoms with Crippen LogP contribution >= 0.6 is 11.3 Å². The van der Waals surface area contributed by atoms with Gasteiger partial charge in [0.2, 0.25) is 6.79 Å². The number of fused-ring (bicyclic) bond motifs is 1. The number of benzene rings is 2. The zero-order valence-electron chi connectivity index (χ0n) is 14.3. The molecule has 8 heteroatoms. The molecule has 0 saturated heterocycles. The van der Waals surface area contributed by atoms with Crippen molar-refractivity contribution in [3.8, 4) is 11.5 Å². The minimum absolute atomic E-state index is 0.0602. The van der Waals surface area contributed by atoms with E-state index in [9.17, 15) is 9.59 Å². The van der Waals surface area contributed by atoms with E-state index < -0.39 is 0 Å². The first kappa shape index (κ1) is 17.0. The molecule has 4 rings (SSSR count). The Morgan fingerprint density at radius 2 is 1.93 bits per heavy atom. The average Bonchev–Trinajstić information content (AvgIpc) is 3.31. The Morgan fingerprint density at radius 3 is 2.78 bits per heavy atom. The Balaban J connectivity index is 1.45. The first-order chi connectivity index (χ1) is 13.1. The summed E-state index contributed by atoms with van der Waals surface area (Å²) in [6, 6.07) is 12.3. The summed E-state index contributed by atoms with van der Waals surface area (Å²) in [6.07, 6.45) is 0. The quantitative estimate of drug-likeness (QED) is 0.648. The van der Waals surface area contributed by atoms with Crippen LogP contribution in [0.15, 0.2) is 47.8 Å². The number of carbonyl (C=O) groups excluding carboxylic acids is 2. The zero-order chi connectivity index (χ0) is 18.8. The highest BCUT2D eigenvalue weighted by molar-refractivity contribution is 7.14. The van der Waals surface area contributed by atoms with Gasteiger partial charge in [-0.15, -0.1) is 11.3 Å². The van der Waals surface area contributed by atoms with Crippen LogP contribution in [0.4, 0.5) is 16.5 Å². The summed E-state index contributed by atoms with van der Waals surface area (Å²) < 4.78 is 10.6. The number of rotatable bonds is 5. The standard InChI is InChI=1S/C19H15N3O4S/c1-11(23)12-3-2-4-13(7-12)20-18(24)15-9-27-19(22-15)21-14-5-6-16-17(8-14)26-10-25-16/h2-9H,10H2,1H3,(H,20,24)(H,21,22). The fourth-order valence-electron chi connectivity index (χ4n) is 2.54. The number of hydrogen-bond donors (Lipinski definition) is 2. The largest absolute Gasteiger partial charge is 0.454 e. The summed E-state index contributed by atoms with van der Waals surface area (Å²) in [4.78, 5) is 28.2. The molecular weight excluding hydrogens is 366 g/mol. The molecule has 1 aromatic heterocycles. The second-order valence-electron chi connectivity index (χ2n) is 5.82. The van der Waals surface area contributed by atoms with Crippen molar-refractivity contribution < 1.29 is 19.1 Å². The lowest BCUT2D eigenvalue weighted by atomic mass is 10.1. The Hall–Kier alpha value is -3.39. The fourth-order valence-corrected chi connectivity index (χ4v) is 3.26. The van der Waals surface area contributed by atoms with E-state index in [2.05, 4.69) is 15.6 Å². The smallest absolute Gasteiger partial charge is 0.275 e. The van der Waals surface area contributed by atoms with Gasteiger partial charge in [-0.25, -0.2) is 4.98 Å². The van der Waals surface area contributed by atoms with E-state index in [0.29, 0.717) is 27.9 Å². The van der Waals surface area contributed by atoms with Gasteiger partial charge >= 0.3 is 0 Å². The van der Waals surface area contributed by atoms with Gasteiger partial charge < -0.3 is 20.1 Å². The molecule has 1 amide bonds. The lowest BCUT2D eigenvalue weighted by Gasteiger charge is -2.05. The van der Waals surface area contributed by atoms with Crippen molar-refractivity contribution in [2.45, 2.75) is 6.92 Å². The van der Waals surface area contributed by atoms with E-state index in [-0.39, 0.29) is 24.2 Å². The zero-order valence-corrected chi connectivity index (χ0v) is 15.1. The van der Waals surface area contributed by atoms with Crippen molar-refractivity contribution in [2.75, 3.05) is 17.4 Å². The number of amides is 1. The molecule has 1 aliphatic heterocycles. The molecule has 136 valence electrons. The molecule has 0 radical (unpaired) electrons. The number of Topliss-reactive ketones (excluding diaryl/α,β-unsaturated/α-hetero) is 1. The summed E-state index contributed by atoms with van der Waals surface area (Å²) in [6.45, 7) is 1.70. The average molecular weight is 381 g/mol. The van der Waals surface area contributed by atoms with E-state index in [1.54, 1.807) is 29.6 Å². The molecule has 0 unspecified atom stereocenters. The minimum atomic E-state index is -0.342. The molecule has 27 heavy (non-hydrogen) atoms. The van der Waals surface area contributed by atoms with Crippen molar-refractivity contribution in [2.24, 2.45) is 0 Å². The Morgan fingerprint density at radius 1 is 1.07 bits per heavy atom. The van der Waals surface area contributed by atoms with Crippen molar-refractivity contribution in [3.63, 3.8) is 0 Å². The summed E-state index contributed by atoms with van der Waals surface area (Å²) in [5, 5.41) is 8.14. The van der Waals surface area contributed by atoms with Crippen LogP contribution in [0, 0.1) is 0 Å². The molecule has 0 fully saturated rings. The maximum Gasteiger partial charge on any atom is 0.275 e. The Bertz CT molecular complexity index is 1030. The highest BCUT2D eigenvalue weighted by Crippen LogP contribution is 2.35. The first-order valence-electron chi connectivity index (χ1n) is 8.13. The van der Waals surface area contributed by atoms with Gasteiger partial charge in [-0.3, -0.25) is 9.59 Å². The van der Waals surface area contributed by atoms with Gasteiger partial charge in [0.05, 0.1) is 0 Å². The molecule has 0 aliphatic carbocycles. The van der Waals surface area contributed by atoms with Crippen LogP contribution in [0.25, 0.3) is 0 Å². The number of nitrogens with zero attached hydrogens (tertiary/aromatic N) is 1. The lowest BCUT2D eigenvalue weighted by molar-refractivity contribution is 0.100. The highest BCUT2D eigenvalue weighted by atomic mass is 32.1. The van der Waals surface area contributed by atoms with Crippen LogP contribution in [0.2, 0.25) is 0 Å². The number of nitrogens with one attached hydrogen (secondary N) is 2. The van der Waals surface area contributed by atoms with Gasteiger partial charge in [-0.1, -0.05) is 12.1 Å². The van der Waals surface area contributed by atoms with E-state index in [1.807, 2.05) is 18.2 Å². The topological polar surface area (TPSA) is 89.6 Å². The maximum absolute atomic E-state index is 12.4. The van der Waals surface area contributed by atoms with Gasteiger partial charge in [0, 0.05) is 28.4 Å². The van der Waals surface area contributed by atoms with E-state index in [0.717, 1.165) is 5.69 Å². The number of ketones is 1. The van der Waals surface area contributed by atoms with E-state index >= 15 is 0 Å². The molecule has 0 bridgehead atoms. The maximum atomic E-state index is 12.4. The van der Waals surface area contributed by atoms with Crippen LogP contribution in [0.1, 0.15) is 27.8 Å². The van der Waals surface area contributed by atoms with Crippen molar-refractivity contribution in [3.05, 3.63) is 59.1 Å². The molecule has 2 aromatic carbocycles. The predicted octanol–water partition coefficient (Wildman–Crippen LogP) is 4.07. The summed E-state index contributed by atoms with van der Waals surface area (Å²) in [5.74, 6) is 0.966. The van der Waals surface area contributed by atoms with Gasteiger partial charge in [0.15, 0.2) is 22.4 Å². The van der Waals surface area contributed by atoms with Crippen molar-refractivity contribution >= 4 is 39.5 Å². The van der Waals surface area contributed by atoms with Gasteiger partial charge in [-0.2, -0.15) is 0 Å². The van der Waals surface area contributed by atoms with E-state index in [1.165, 1.54) is 18.3 Å². The molecule has 7 nitrogen and oxygen atoms in total. The molecule has 0 spiro atoms. The van der Waals surface area contributed by atoms with E-state index in [4.69, 9.17) is 9.47 Å². The normalized spacial score (nSPS) is 11.9. The number of hydrogen-bond acceptors (Lipinski definition) is 7. The number of aromatic nitrogens is 1. The lowest BCUT2D eigenvalue weighted by Crippen LogP contribution is -2.12. The monoisotopic (exact) mass is 381 g/mol. The third kappa shape index (κ3) is 3.75. The Labute approximate surface area is 159 Å². The SMILES string of the molecule is CC(=O)c1cccc(NC(=O)c2csc(Nc3ccc4c(c3)OCO4)n2)c1.